The van der Waals surface area contributed by atoms with Crippen LogP contribution in [0.2, 0.25) is 0 Å². The van der Waals surface area contributed by atoms with Crippen LogP contribution in [0.15, 0.2) is 17.2 Å². The van der Waals surface area contributed by atoms with Gasteiger partial charge in [-0.05, 0) is 18.4 Å². The van der Waals surface area contributed by atoms with Gasteiger partial charge in [-0.1, -0.05) is 33.1 Å². The van der Waals surface area contributed by atoms with Crippen molar-refractivity contribution in [2.45, 2.75) is 69.5 Å². The monoisotopic (exact) mass is 410 g/mol. The molecular formula is C21H31FN2O3S. The Balaban J connectivity index is 1.47. The number of nitrogens with zero attached hydrogens (tertiary/aromatic N) is 2. The number of esters is 1. The van der Waals surface area contributed by atoms with Crippen LogP contribution in [-0.4, -0.2) is 48.7 Å². The normalized spacial score (nSPS) is 21.6. The molecule has 0 radical (unpaired) electrons. The van der Waals surface area contributed by atoms with Crippen molar-refractivity contribution in [2.75, 3.05) is 30.4 Å². The van der Waals surface area contributed by atoms with Crippen LogP contribution in [0.5, 0.6) is 5.75 Å². The third-order valence-electron chi connectivity index (χ3n) is 5.49. The lowest BCUT2D eigenvalue weighted by atomic mass is 10.0. The van der Waals surface area contributed by atoms with E-state index in [1.165, 1.54) is 12.8 Å². The van der Waals surface area contributed by atoms with Crippen LogP contribution < -0.4 is 9.64 Å². The Hall–Kier alpha value is -1.50. The van der Waals surface area contributed by atoms with Crippen molar-refractivity contribution >= 4 is 23.5 Å². The molecule has 1 fully saturated rings. The van der Waals surface area contributed by atoms with Crippen LogP contribution in [0.4, 0.5) is 10.2 Å². The summed E-state index contributed by atoms with van der Waals surface area (Å²) in [5.74, 6) is 2.39. The summed E-state index contributed by atoms with van der Waals surface area (Å²) in [5.41, 5.74) is 0. The predicted molar refractivity (Wildman–Crippen MR) is 110 cm³/mol. The number of thioether (sulfide) groups is 1. The second kappa shape index (κ2) is 10.3. The third-order valence-corrected chi connectivity index (χ3v) is 6.53. The largest absolute Gasteiger partial charge is 0.486 e. The SMILES string of the molecule is CCCCC(CC)COC(=O)CCSc1ccnc2c1OCC1C[C@@H](F)CN21. The molecule has 3 rings (SSSR count). The Labute approximate surface area is 171 Å². The van der Waals surface area contributed by atoms with E-state index in [2.05, 4.69) is 18.8 Å². The second-order valence-electron chi connectivity index (χ2n) is 7.61. The van der Waals surface area contributed by atoms with Gasteiger partial charge < -0.3 is 14.4 Å². The average Bonchev–Trinajstić information content (AvgIpc) is 3.09. The molecule has 0 saturated carbocycles. The lowest BCUT2D eigenvalue weighted by molar-refractivity contribution is -0.144. The minimum atomic E-state index is -0.822. The Kier molecular flexibility index (Phi) is 7.82. The minimum absolute atomic E-state index is 0.0736. The number of carbonyl (C=O) groups excluding carboxylic acids is 1. The summed E-state index contributed by atoms with van der Waals surface area (Å²) in [6.45, 7) is 5.72. The molecular weight excluding hydrogens is 379 g/mol. The highest BCUT2D eigenvalue weighted by Crippen LogP contribution is 2.42. The highest BCUT2D eigenvalue weighted by Gasteiger charge is 2.38. The van der Waals surface area contributed by atoms with Crippen LogP contribution in [0.1, 0.15) is 52.4 Å². The third kappa shape index (κ3) is 5.31. The zero-order chi connectivity index (χ0) is 19.9. The van der Waals surface area contributed by atoms with Gasteiger partial charge >= 0.3 is 5.97 Å². The number of aromatic nitrogens is 1. The van der Waals surface area contributed by atoms with Gasteiger partial charge in [-0.25, -0.2) is 9.37 Å². The van der Waals surface area contributed by atoms with E-state index >= 15 is 0 Å². The molecule has 3 heterocycles. The van der Waals surface area contributed by atoms with Crippen LogP contribution >= 0.6 is 11.8 Å². The standard InChI is InChI=1S/C21H31FN2O3S/c1-3-5-6-15(4-2)13-26-19(25)8-10-28-18-7-9-23-21-20(18)27-14-17-11-16(22)12-24(17)21/h7,9,15-17H,3-6,8,10-14H2,1-2H3/t15?,16-,17?/m1/s1. The van der Waals surface area contributed by atoms with Gasteiger partial charge in [-0.15, -0.1) is 11.8 Å². The molecule has 0 amide bonds. The predicted octanol–water partition coefficient (Wildman–Crippen LogP) is 4.63. The Bertz CT molecular complexity index is 661. The van der Waals surface area contributed by atoms with Crippen LogP contribution in [-0.2, 0) is 9.53 Å². The van der Waals surface area contributed by atoms with Crippen molar-refractivity contribution in [3.8, 4) is 5.75 Å². The zero-order valence-corrected chi connectivity index (χ0v) is 17.7. The van der Waals surface area contributed by atoms with E-state index in [9.17, 15) is 9.18 Å². The van der Waals surface area contributed by atoms with Crippen LogP contribution in [0.25, 0.3) is 0 Å². The number of anilines is 1. The quantitative estimate of drug-likeness (QED) is 0.414. The van der Waals surface area contributed by atoms with Crippen molar-refractivity contribution in [1.82, 2.24) is 4.98 Å². The van der Waals surface area contributed by atoms with E-state index in [0.29, 0.717) is 44.3 Å². The first kappa shape index (κ1) is 21.2. The first-order valence-electron chi connectivity index (χ1n) is 10.4. The van der Waals surface area contributed by atoms with E-state index in [1.807, 2.05) is 11.0 Å². The summed E-state index contributed by atoms with van der Waals surface area (Å²) in [4.78, 5) is 19.5. The summed E-state index contributed by atoms with van der Waals surface area (Å²) in [6.07, 6.45) is 6.29. The van der Waals surface area contributed by atoms with E-state index in [1.54, 1.807) is 18.0 Å². The van der Waals surface area contributed by atoms with E-state index < -0.39 is 6.17 Å². The Morgan fingerprint density at radius 3 is 3.14 bits per heavy atom. The van der Waals surface area contributed by atoms with Gasteiger partial charge in [0.15, 0.2) is 11.6 Å². The number of ether oxygens (including phenoxy) is 2. The van der Waals surface area contributed by atoms with Gasteiger partial charge in [-0.2, -0.15) is 0 Å². The fourth-order valence-electron chi connectivity index (χ4n) is 3.76. The number of carbonyl (C=O) groups is 1. The molecule has 7 heteroatoms. The topological polar surface area (TPSA) is 51.7 Å². The van der Waals surface area contributed by atoms with Crippen LogP contribution in [0.3, 0.4) is 0 Å². The minimum Gasteiger partial charge on any atom is -0.486 e. The molecule has 1 aromatic heterocycles. The molecule has 0 bridgehead atoms. The summed E-state index contributed by atoms with van der Waals surface area (Å²) >= 11 is 1.57. The number of pyridine rings is 1. The second-order valence-corrected chi connectivity index (χ2v) is 8.75. The van der Waals surface area contributed by atoms with Crippen molar-refractivity contribution in [1.29, 1.82) is 0 Å². The average molecular weight is 411 g/mol. The molecule has 2 unspecified atom stereocenters. The van der Waals surface area contributed by atoms with Gasteiger partial charge in [0, 0.05) is 18.4 Å². The maximum Gasteiger partial charge on any atom is 0.306 e. The summed E-state index contributed by atoms with van der Waals surface area (Å²) < 4.78 is 25.1. The van der Waals surface area contributed by atoms with Crippen molar-refractivity contribution in [3.05, 3.63) is 12.3 Å². The smallest absolute Gasteiger partial charge is 0.306 e. The number of alkyl halides is 1. The van der Waals surface area contributed by atoms with Gasteiger partial charge in [0.2, 0.25) is 0 Å². The van der Waals surface area contributed by atoms with Crippen molar-refractivity contribution < 1.29 is 18.7 Å². The van der Waals surface area contributed by atoms with Crippen LogP contribution in [0, 0.1) is 5.92 Å². The van der Waals surface area contributed by atoms with E-state index in [-0.39, 0.29) is 12.0 Å². The molecule has 28 heavy (non-hydrogen) atoms. The molecule has 156 valence electrons. The Morgan fingerprint density at radius 2 is 2.36 bits per heavy atom. The molecule has 3 atom stereocenters. The summed E-state index contributed by atoms with van der Waals surface area (Å²) in [6, 6.07) is 1.97. The maximum atomic E-state index is 13.8. The molecule has 5 nitrogen and oxygen atoms in total. The summed E-state index contributed by atoms with van der Waals surface area (Å²) in [7, 11) is 0. The number of fused-ring (bicyclic) bond motifs is 3. The molecule has 0 aromatic carbocycles. The molecule has 0 N–H and O–H groups in total. The number of rotatable bonds is 10. The first-order chi connectivity index (χ1) is 13.6. The number of hydrogen-bond donors (Lipinski definition) is 0. The highest BCUT2D eigenvalue weighted by atomic mass is 32.2. The molecule has 2 aliphatic rings. The fraction of sp³-hybridized carbons (Fsp3) is 0.714. The number of hydrogen-bond acceptors (Lipinski definition) is 6. The Morgan fingerprint density at radius 1 is 1.50 bits per heavy atom. The number of unbranched alkanes of at least 4 members (excludes halogenated alkanes) is 1. The lowest BCUT2D eigenvalue weighted by Gasteiger charge is -2.32. The lowest BCUT2D eigenvalue weighted by Crippen LogP contribution is -2.39. The molecule has 2 aliphatic heterocycles. The van der Waals surface area contributed by atoms with E-state index in [4.69, 9.17) is 9.47 Å². The first-order valence-corrected chi connectivity index (χ1v) is 11.4. The number of halogens is 1. The highest BCUT2D eigenvalue weighted by molar-refractivity contribution is 7.99. The maximum absolute atomic E-state index is 13.8. The van der Waals surface area contributed by atoms with Gasteiger partial charge in [-0.3, -0.25) is 4.79 Å². The molecule has 0 spiro atoms. The van der Waals surface area contributed by atoms with Crippen molar-refractivity contribution in [3.63, 3.8) is 0 Å². The zero-order valence-electron chi connectivity index (χ0n) is 16.9. The van der Waals surface area contributed by atoms with Gasteiger partial charge in [0.25, 0.3) is 0 Å². The molecule has 1 saturated heterocycles. The van der Waals surface area contributed by atoms with Gasteiger partial charge in [0.05, 0.1) is 30.5 Å². The molecule has 1 aromatic rings. The fourth-order valence-corrected chi connectivity index (χ4v) is 4.68. The summed E-state index contributed by atoms with van der Waals surface area (Å²) in [5, 5.41) is 0. The molecule has 0 aliphatic carbocycles. The van der Waals surface area contributed by atoms with E-state index in [0.717, 1.165) is 29.3 Å². The van der Waals surface area contributed by atoms with Gasteiger partial charge in [0.1, 0.15) is 12.8 Å². The van der Waals surface area contributed by atoms with Crippen molar-refractivity contribution in [2.24, 2.45) is 5.92 Å².